The van der Waals surface area contributed by atoms with Gasteiger partial charge in [-0.1, -0.05) is 0 Å². The molecule has 0 amide bonds. The summed E-state index contributed by atoms with van der Waals surface area (Å²) in [4.78, 5) is 22.2. The first kappa shape index (κ1) is 10.3. The number of alkyl halides is 2. The second kappa shape index (κ2) is 3.52. The molecule has 0 bridgehead atoms. The van der Waals surface area contributed by atoms with Gasteiger partial charge in [-0.05, 0) is 6.92 Å². The van der Waals surface area contributed by atoms with Crippen LogP contribution in [0.15, 0.2) is 11.0 Å². The molecule has 0 aliphatic rings. The molecule has 1 aromatic heterocycles. The molecule has 14 heavy (non-hydrogen) atoms. The van der Waals surface area contributed by atoms with E-state index in [1.165, 1.54) is 0 Å². The van der Waals surface area contributed by atoms with Crippen molar-refractivity contribution in [1.82, 2.24) is 4.98 Å². The van der Waals surface area contributed by atoms with Gasteiger partial charge in [0.1, 0.15) is 0 Å². The lowest BCUT2D eigenvalue weighted by molar-refractivity contribution is -0.387. The summed E-state index contributed by atoms with van der Waals surface area (Å²) in [5.41, 5.74) is -2.63. The minimum atomic E-state index is -2.84. The molecule has 5 nitrogen and oxygen atoms in total. The summed E-state index contributed by atoms with van der Waals surface area (Å²) in [5.74, 6) is 0. The highest BCUT2D eigenvalue weighted by Crippen LogP contribution is 2.25. The SMILES string of the molecule is Cc1c(C(F)F)c[nH]c(=O)c1[N+](=O)[O-]. The third-order valence-electron chi connectivity index (χ3n) is 1.78. The highest BCUT2D eigenvalue weighted by Gasteiger charge is 2.23. The van der Waals surface area contributed by atoms with Crippen LogP contribution >= 0.6 is 0 Å². The van der Waals surface area contributed by atoms with Crippen LogP contribution in [0.25, 0.3) is 0 Å². The van der Waals surface area contributed by atoms with Crippen LogP contribution in [-0.4, -0.2) is 9.91 Å². The molecular formula is C7H6F2N2O3. The van der Waals surface area contributed by atoms with Crippen LogP contribution in [-0.2, 0) is 0 Å². The van der Waals surface area contributed by atoms with E-state index in [1.807, 2.05) is 4.98 Å². The molecule has 1 heterocycles. The maximum Gasteiger partial charge on any atom is 0.337 e. The number of nitrogens with zero attached hydrogens (tertiary/aromatic N) is 1. The van der Waals surface area contributed by atoms with Crippen molar-refractivity contribution < 1.29 is 13.7 Å². The molecule has 1 N–H and O–H groups in total. The maximum atomic E-state index is 12.3. The first-order chi connectivity index (χ1) is 6.45. The van der Waals surface area contributed by atoms with Crippen LogP contribution in [0.4, 0.5) is 14.5 Å². The van der Waals surface area contributed by atoms with E-state index >= 15 is 0 Å². The number of aromatic nitrogens is 1. The number of H-pyrrole nitrogens is 1. The molecular weight excluding hydrogens is 198 g/mol. The van der Waals surface area contributed by atoms with Crippen LogP contribution in [0, 0.1) is 17.0 Å². The van der Waals surface area contributed by atoms with Crippen LogP contribution in [0.5, 0.6) is 0 Å². The Bertz CT molecular complexity index is 427. The number of pyridine rings is 1. The van der Waals surface area contributed by atoms with E-state index in [2.05, 4.69) is 0 Å². The number of hydrogen-bond donors (Lipinski definition) is 1. The Morgan fingerprint density at radius 1 is 1.57 bits per heavy atom. The molecule has 7 heteroatoms. The average Bonchev–Trinajstić information content (AvgIpc) is 2.02. The van der Waals surface area contributed by atoms with Gasteiger partial charge in [0.25, 0.3) is 6.43 Å². The number of rotatable bonds is 2. The van der Waals surface area contributed by atoms with E-state index in [4.69, 9.17) is 0 Å². The van der Waals surface area contributed by atoms with E-state index in [1.54, 1.807) is 0 Å². The van der Waals surface area contributed by atoms with Crippen molar-refractivity contribution in [3.8, 4) is 0 Å². The predicted molar refractivity (Wildman–Crippen MR) is 43.4 cm³/mol. The Kier molecular flexibility index (Phi) is 2.59. The lowest BCUT2D eigenvalue weighted by Gasteiger charge is -2.03. The summed E-state index contributed by atoms with van der Waals surface area (Å²) in [6.07, 6.45) is -2.06. The number of hydrogen-bond acceptors (Lipinski definition) is 3. The molecule has 0 aliphatic heterocycles. The zero-order valence-electron chi connectivity index (χ0n) is 7.08. The second-order valence-electron chi connectivity index (χ2n) is 2.60. The molecule has 1 rings (SSSR count). The Balaban J connectivity index is 3.49. The van der Waals surface area contributed by atoms with Crippen LogP contribution < -0.4 is 5.56 Å². The third-order valence-corrected chi connectivity index (χ3v) is 1.78. The van der Waals surface area contributed by atoms with Crippen molar-refractivity contribution in [2.45, 2.75) is 13.3 Å². The molecule has 0 aromatic carbocycles. The number of nitrogens with one attached hydrogen (secondary N) is 1. The molecule has 0 aliphatic carbocycles. The van der Waals surface area contributed by atoms with E-state index < -0.39 is 28.2 Å². The average molecular weight is 204 g/mol. The summed E-state index contributed by atoms with van der Waals surface area (Å²) in [5, 5.41) is 10.4. The fraction of sp³-hybridized carbons (Fsp3) is 0.286. The Morgan fingerprint density at radius 3 is 2.57 bits per heavy atom. The monoisotopic (exact) mass is 204 g/mol. The van der Waals surface area contributed by atoms with Crippen molar-refractivity contribution in [1.29, 1.82) is 0 Å². The lowest BCUT2D eigenvalue weighted by atomic mass is 10.1. The van der Waals surface area contributed by atoms with Crippen molar-refractivity contribution in [3.05, 3.63) is 37.8 Å². The molecule has 0 unspecified atom stereocenters. The molecule has 0 atom stereocenters. The van der Waals surface area contributed by atoms with E-state index in [0.29, 0.717) is 0 Å². The van der Waals surface area contributed by atoms with E-state index in [9.17, 15) is 23.7 Å². The molecule has 0 saturated heterocycles. The molecule has 0 saturated carbocycles. The van der Waals surface area contributed by atoms with E-state index in [-0.39, 0.29) is 5.56 Å². The molecule has 0 radical (unpaired) electrons. The van der Waals surface area contributed by atoms with Gasteiger partial charge in [-0.2, -0.15) is 0 Å². The van der Waals surface area contributed by atoms with Gasteiger partial charge in [-0.3, -0.25) is 14.9 Å². The van der Waals surface area contributed by atoms with Gasteiger partial charge < -0.3 is 4.98 Å². The zero-order chi connectivity index (χ0) is 10.9. The zero-order valence-corrected chi connectivity index (χ0v) is 7.08. The fourth-order valence-corrected chi connectivity index (χ4v) is 1.07. The fourth-order valence-electron chi connectivity index (χ4n) is 1.07. The summed E-state index contributed by atoms with van der Waals surface area (Å²) in [7, 11) is 0. The van der Waals surface area contributed by atoms with E-state index in [0.717, 1.165) is 13.1 Å². The quantitative estimate of drug-likeness (QED) is 0.586. The Hall–Kier alpha value is -1.79. The largest absolute Gasteiger partial charge is 0.337 e. The normalized spacial score (nSPS) is 10.6. The van der Waals surface area contributed by atoms with Gasteiger partial charge in [0, 0.05) is 17.3 Å². The number of aromatic amines is 1. The summed E-state index contributed by atoms with van der Waals surface area (Å²) < 4.78 is 24.5. The topological polar surface area (TPSA) is 76.0 Å². The summed E-state index contributed by atoms with van der Waals surface area (Å²) in [6.45, 7) is 1.12. The minimum absolute atomic E-state index is 0.297. The predicted octanol–water partition coefficient (Wildman–Crippen LogP) is 1.53. The van der Waals surface area contributed by atoms with Gasteiger partial charge >= 0.3 is 11.2 Å². The van der Waals surface area contributed by atoms with Gasteiger partial charge in [-0.25, -0.2) is 8.78 Å². The number of halogens is 2. The van der Waals surface area contributed by atoms with Crippen LogP contribution in [0.3, 0.4) is 0 Å². The molecule has 0 fully saturated rings. The van der Waals surface area contributed by atoms with Gasteiger partial charge in [0.05, 0.1) is 4.92 Å². The third kappa shape index (κ3) is 1.61. The minimum Gasteiger partial charge on any atom is -0.323 e. The van der Waals surface area contributed by atoms with Gasteiger partial charge in [-0.15, -0.1) is 0 Å². The van der Waals surface area contributed by atoms with Crippen molar-refractivity contribution in [2.75, 3.05) is 0 Å². The van der Waals surface area contributed by atoms with Crippen LogP contribution in [0.2, 0.25) is 0 Å². The van der Waals surface area contributed by atoms with Crippen molar-refractivity contribution in [3.63, 3.8) is 0 Å². The molecule has 1 aromatic rings. The second-order valence-corrected chi connectivity index (χ2v) is 2.60. The first-order valence-corrected chi connectivity index (χ1v) is 3.60. The van der Waals surface area contributed by atoms with Crippen LogP contribution in [0.1, 0.15) is 17.6 Å². The smallest absolute Gasteiger partial charge is 0.323 e. The maximum absolute atomic E-state index is 12.3. The highest BCUT2D eigenvalue weighted by molar-refractivity contribution is 5.41. The van der Waals surface area contributed by atoms with Crippen molar-refractivity contribution in [2.24, 2.45) is 0 Å². The lowest BCUT2D eigenvalue weighted by Crippen LogP contribution is -2.14. The van der Waals surface area contributed by atoms with Gasteiger partial charge in [0.2, 0.25) is 0 Å². The molecule has 76 valence electrons. The Labute approximate surface area is 76.5 Å². The number of nitro groups is 1. The Morgan fingerprint density at radius 2 is 2.14 bits per heavy atom. The summed E-state index contributed by atoms with van der Waals surface area (Å²) >= 11 is 0. The first-order valence-electron chi connectivity index (χ1n) is 3.60. The standard InChI is InChI=1S/C7H6F2N2O3/c1-3-4(6(8)9)2-10-7(12)5(3)11(13)14/h2,6H,1H3,(H,10,12). The summed E-state index contributed by atoms with van der Waals surface area (Å²) in [6, 6.07) is 0. The molecule has 0 spiro atoms. The van der Waals surface area contributed by atoms with Crippen molar-refractivity contribution >= 4 is 5.69 Å². The highest BCUT2D eigenvalue weighted by atomic mass is 19.3. The van der Waals surface area contributed by atoms with Gasteiger partial charge in [0.15, 0.2) is 0 Å².